The van der Waals surface area contributed by atoms with E-state index in [0.717, 1.165) is 0 Å². The van der Waals surface area contributed by atoms with Gasteiger partial charge in [-0.15, -0.1) is 0 Å². The highest BCUT2D eigenvalue weighted by Crippen LogP contribution is 2.08. The van der Waals surface area contributed by atoms with Crippen molar-refractivity contribution in [3.8, 4) is 0 Å². The highest BCUT2D eigenvalue weighted by Gasteiger charge is 1.93. The van der Waals surface area contributed by atoms with Crippen molar-refractivity contribution in [3.05, 3.63) is 60.7 Å². The molecule has 2 aromatic carbocycles. The van der Waals surface area contributed by atoms with Gasteiger partial charge in [-0.25, -0.2) is 0 Å². The second-order valence-corrected chi connectivity index (χ2v) is 4.04. The maximum atomic E-state index is 2.15. The smallest absolute Gasteiger partial charge is 0.0100 e. The van der Waals surface area contributed by atoms with Crippen LogP contribution in [-0.4, -0.2) is 0 Å². The fraction of sp³-hybridized carbons (Fsp3) is 0. The lowest BCUT2D eigenvalue weighted by atomic mass is 10.4. The molecule has 0 aliphatic carbocycles. The summed E-state index contributed by atoms with van der Waals surface area (Å²) in [5, 5.41) is 2.68. The first-order valence-corrected chi connectivity index (χ1v) is 5.16. The van der Waals surface area contributed by atoms with E-state index in [2.05, 4.69) is 48.5 Å². The zero-order valence-corrected chi connectivity index (χ0v) is 8.82. The predicted octanol–water partition coefficient (Wildman–Crippen LogP) is 2.75. The van der Waals surface area contributed by atoms with E-state index in [1.54, 1.807) is 0 Å². The summed E-state index contributed by atoms with van der Waals surface area (Å²) in [7, 11) is 1.28. The van der Waals surface area contributed by atoms with Crippen LogP contribution in [0.2, 0.25) is 0 Å². The van der Waals surface area contributed by atoms with Gasteiger partial charge in [0.1, 0.15) is 0 Å². The van der Waals surface area contributed by atoms with E-state index in [-0.39, 0.29) is 6.15 Å². The summed E-state index contributed by atoms with van der Waals surface area (Å²) in [6.45, 7) is 0. The lowest BCUT2D eigenvalue weighted by Crippen LogP contribution is -2.01. The Hall–Kier alpha value is -1.17. The Bertz CT molecular complexity index is 321. The van der Waals surface area contributed by atoms with Gasteiger partial charge in [0, 0.05) is 0 Å². The Kier molecular flexibility index (Phi) is 4.31. The Morgan fingerprint density at radius 3 is 1.29 bits per heavy atom. The molecule has 0 amide bonds. The SMILES string of the molecule is N.c1ccc([P]c2ccccc2)cc1. The van der Waals surface area contributed by atoms with Crippen LogP contribution < -0.4 is 16.8 Å². The Labute approximate surface area is 86.5 Å². The van der Waals surface area contributed by atoms with Crippen LogP contribution >= 0.6 is 8.58 Å². The van der Waals surface area contributed by atoms with Crippen molar-refractivity contribution in [1.82, 2.24) is 6.15 Å². The average molecular weight is 202 g/mol. The van der Waals surface area contributed by atoms with Gasteiger partial charge >= 0.3 is 0 Å². The molecular weight excluding hydrogens is 189 g/mol. The minimum Gasteiger partial charge on any atom is -0.344 e. The first kappa shape index (κ1) is 10.9. The quantitative estimate of drug-likeness (QED) is 0.746. The fourth-order valence-corrected chi connectivity index (χ4v) is 2.09. The minimum absolute atomic E-state index is 0. The van der Waals surface area contributed by atoms with Gasteiger partial charge in [0.25, 0.3) is 0 Å². The van der Waals surface area contributed by atoms with Crippen molar-refractivity contribution >= 4 is 19.2 Å². The van der Waals surface area contributed by atoms with Gasteiger partial charge in [0.2, 0.25) is 0 Å². The van der Waals surface area contributed by atoms with Gasteiger partial charge < -0.3 is 6.15 Å². The van der Waals surface area contributed by atoms with Crippen LogP contribution in [0.1, 0.15) is 0 Å². The largest absolute Gasteiger partial charge is 0.344 e. The van der Waals surface area contributed by atoms with Gasteiger partial charge in [-0.05, 0) is 19.2 Å². The van der Waals surface area contributed by atoms with E-state index in [4.69, 9.17) is 0 Å². The van der Waals surface area contributed by atoms with Gasteiger partial charge in [-0.2, -0.15) is 0 Å². The predicted molar refractivity (Wildman–Crippen MR) is 64.1 cm³/mol. The Balaban J connectivity index is 0.000000980. The molecule has 3 N–H and O–H groups in total. The second-order valence-electron chi connectivity index (χ2n) is 2.78. The van der Waals surface area contributed by atoms with E-state index >= 15 is 0 Å². The lowest BCUT2D eigenvalue weighted by Gasteiger charge is -1.98. The minimum atomic E-state index is 0. The normalized spacial score (nSPS) is 9.14. The summed E-state index contributed by atoms with van der Waals surface area (Å²) < 4.78 is 0. The summed E-state index contributed by atoms with van der Waals surface area (Å²) >= 11 is 0. The van der Waals surface area contributed by atoms with Gasteiger partial charge in [-0.3, -0.25) is 0 Å². The Morgan fingerprint density at radius 2 is 0.929 bits per heavy atom. The first-order valence-electron chi connectivity index (χ1n) is 4.27. The molecular formula is C12H13NP. The van der Waals surface area contributed by atoms with Crippen molar-refractivity contribution in [2.24, 2.45) is 0 Å². The lowest BCUT2D eigenvalue weighted by molar-refractivity contribution is 1.76. The van der Waals surface area contributed by atoms with Crippen molar-refractivity contribution < 1.29 is 0 Å². The van der Waals surface area contributed by atoms with Crippen LogP contribution in [0.5, 0.6) is 0 Å². The molecule has 0 aliphatic rings. The molecule has 2 rings (SSSR count). The van der Waals surface area contributed by atoms with Crippen molar-refractivity contribution in [1.29, 1.82) is 0 Å². The average Bonchev–Trinajstić information content (AvgIpc) is 2.21. The van der Waals surface area contributed by atoms with E-state index in [0.29, 0.717) is 0 Å². The monoisotopic (exact) mass is 202 g/mol. The van der Waals surface area contributed by atoms with Crippen LogP contribution in [0.25, 0.3) is 0 Å². The maximum Gasteiger partial charge on any atom is -0.0100 e. The van der Waals surface area contributed by atoms with Crippen LogP contribution in [0.15, 0.2) is 60.7 Å². The molecule has 0 spiro atoms. The van der Waals surface area contributed by atoms with Crippen LogP contribution in [-0.2, 0) is 0 Å². The molecule has 0 aliphatic heterocycles. The van der Waals surface area contributed by atoms with Crippen LogP contribution in [0.3, 0.4) is 0 Å². The topological polar surface area (TPSA) is 35.0 Å². The van der Waals surface area contributed by atoms with Crippen LogP contribution in [0, 0.1) is 0 Å². The van der Waals surface area contributed by atoms with Crippen LogP contribution in [0.4, 0.5) is 0 Å². The van der Waals surface area contributed by atoms with Crippen molar-refractivity contribution in [3.63, 3.8) is 0 Å². The number of benzene rings is 2. The maximum absolute atomic E-state index is 2.15. The summed E-state index contributed by atoms with van der Waals surface area (Å²) in [5.74, 6) is 0. The molecule has 0 saturated heterocycles. The molecule has 0 saturated carbocycles. The van der Waals surface area contributed by atoms with Gasteiger partial charge in [0.15, 0.2) is 0 Å². The summed E-state index contributed by atoms with van der Waals surface area (Å²) in [4.78, 5) is 0. The van der Waals surface area contributed by atoms with E-state index in [1.807, 2.05) is 12.1 Å². The molecule has 0 bridgehead atoms. The van der Waals surface area contributed by atoms with E-state index in [1.165, 1.54) is 19.2 Å². The van der Waals surface area contributed by atoms with E-state index < -0.39 is 0 Å². The number of hydrogen-bond donors (Lipinski definition) is 1. The fourth-order valence-electron chi connectivity index (χ4n) is 1.15. The molecule has 0 unspecified atom stereocenters. The van der Waals surface area contributed by atoms with Crippen molar-refractivity contribution in [2.75, 3.05) is 0 Å². The zero-order valence-electron chi connectivity index (χ0n) is 7.93. The third kappa shape index (κ3) is 2.95. The molecule has 0 fully saturated rings. The molecule has 0 atom stereocenters. The Morgan fingerprint density at radius 1 is 0.571 bits per heavy atom. The third-order valence-corrected chi connectivity index (χ3v) is 2.88. The molecule has 1 radical (unpaired) electrons. The molecule has 2 heteroatoms. The van der Waals surface area contributed by atoms with Gasteiger partial charge in [-0.1, -0.05) is 60.7 Å². The molecule has 71 valence electrons. The van der Waals surface area contributed by atoms with E-state index in [9.17, 15) is 0 Å². The summed E-state index contributed by atoms with van der Waals surface area (Å²) in [6, 6.07) is 21.0. The van der Waals surface area contributed by atoms with Crippen molar-refractivity contribution in [2.45, 2.75) is 0 Å². The molecule has 0 heterocycles. The zero-order chi connectivity index (χ0) is 8.93. The third-order valence-electron chi connectivity index (χ3n) is 1.77. The molecule has 0 aromatic heterocycles. The van der Waals surface area contributed by atoms with Gasteiger partial charge in [0.05, 0.1) is 0 Å². The molecule has 1 nitrogen and oxygen atoms in total. The number of hydrogen-bond acceptors (Lipinski definition) is 1. The first-order chi connectivity index (χ1) is 6.45. The standard InChI is InChI=1S/C12H10P.H3N/c1-3-7-11(8-4-1)13-12-9-5-2-6-10-12;/h1-10H;1H3. The molecule has 14 heavy (non-hydrogen) atoms. The summed E-state index contributed by atoms with van der Waals surface area (Å²) in [6.07, 6.45) is 0. The molecule has 2 aromatic rings. The second kappa shape index (κ2) is 5.54. The number of rotatable bonds is 2. The summed E-state index contributed by atoms with van der Waals surface area (Å²) in [5.41, 5.74) is 0. The highest BCUT2D eigenvalue weighted by atomic mass is 31.1. The highest BCUT2D eigenvalue weighted by molar-refractivity contribution is 7.55.